The van der Waals surface area contributed by atoms with Crippen molar-refractivity contribution in [2.75, 3.05) is 0 Å². The van der Waals surface area contributed by atoms with Crippen LogP contribution in [0.2, 0.25) is 0 Å². The zero-order valence-electron chi connectivity index (χ0n) is 16.1. The third-order valence-corrected chi connectivity index (χ3v) is 4.25. The molecule has 142 valence electrons. The average Bonchev–Trinajstić information content (AvgIpc) is 2.66. The van der Waals surface area contributed by atoms with E-state index in [2.05, 4.69) is 17.4 Å². The number of ether oxygens (including phenoxy) is 1. The van der Waals surface area contributed by atoms with Gasteiger partial charge in [0.05, 0.1) is 0 Å². The maximum absolute atomic E-state index is 12.2. The topological polar surface area (TPSA) is 55.4 Å². The van der Waals surface area contributed by atoms with Crippen molar-refractivity contribution in [2.24, 2.45) is 0 Å². The van der Waals surface area contributed by atoms with E-state index in [4.69, 9.17) is 4.74 Å². The summed E-state index contributed by atoms with van der Waals surface area (Å²) < 4.78 is 5.18. The first-order chi connectivity index (χ1) is 12.9. The molecule has 0 heterocycles. The van der Waals surface area contributed by atoms with Gasteiger partial charge in [-0.05, 0) is 50.8 Å². The highest BCUT2D eigenvalue weighted by molar-refractivity contribution is 5.90. The Bertz CT molecular complexity index is 766. The van der Waals surface area contributed by atoms with Crippen molar-refractivity contribution in [3.8, 4) is 0 Å². The van der Waals surface area contributed by atoms with Gasteiger partial charge in [-0.3, -0.25) is 4.79 Å². The van der Waals surface area contributed by atoms with Crippen molar-refractivity contribution in [1.29, 1.82) is 0 Å². The summed E-state index contributed by atoms with van der Waals surface area (Å²) >= 11 is 0. The van der Waals surface area contributed by atoms with Crippen LogP contribution < -0.4 is 5.32 Å². The number of rotatable bonds is 8. The van der Waals surface area contributed by atoms with E-state index in [1.165, 1.54) is 11.6 Å². The highest BCUT2D eigenvalue weighted by Gasteiger charge is 2.18. The van der Waals surface area contributed by atoms with Gasteiger partial charge in [-0.15, -0.1) is 0 Å². The van der Waals surface area contributed by atoms with Gasteiger partial charge < -0.3 is 10.1 Å². The van der Waals surface area contributed by atoms with Crippen molar-refractivity contribution in [3.63, 3.8) is 0 Å². The minimum atomic E-state index is -0.834. The van der Waals surface area contributed by atoms with E-state index in [9.17, 15) is 9.59 Å². The number of esters is 1. The summed E-state index contributed by atoms with van der Waals surface area (Å²) in [6.07, 6.45) is 3.89. The molecule has 0 radical (unpaired) electrons. The Morgan fingerprint density at radius 1 is 1.04 bits per heavy atom. The van der Waals surface area contributed by atoms with Crippen LogP contribution >= 0.6 is 0 Å². The molecule has 4 heteroatoms. The minimum absolute atomic E-state index is 0.00181. The first-order valence-electron chi connectivity index (χ1n) is 9.23. The molecule has 2 aromatic carbocycles. The third kappa shape index (κ3) is 7.48. The molecule has 0 saturated heterocycles. The lowest BCUT2D eigenvalue weighted by atomic mass is 10.1. The summed E-state index contributed by atoms with van der Waals surface area (Å²) in [6.45, 7) is 5.53. The van der Waals surface area contributed by atoms with Gasteiger partial charge in [-0.25, -0.2) is 4.79 Å². The van der Waals surface area contributed by atoms with Crippen molar-refractivity contribution >= 4 is 18.0 Å². The van der Waals surface area contributed by atoms with E-state index in [1.54, 1.807) is 13.0 Å². The number of carbonyl (C=O) groups excluding carboxylic acids is 2. The Hall–Kier alpha value is -2.88. The SMILES string of the molecule is Cc1ccc(/C=C/C(=O)O[C@@H](C)C(=O)N[C@H](C)CCc2ccccc2)cc1. The lowest BCUT2D eigenvalue weighted by Gasteiger charge is -2.17. The first kappa shape index (κ1) is 20.4. The maximum atomic E-state index is 12.2. The summed E-state index contributed by atoms with van der Waals surface area (Å²) in [4.78, 5) is 24.1. The van der Waals surface area contributed by atoms with Gasteiger partial charge in [-0.1, -0.05) is 60.2 Å². The molecule has 0 aliphatic heterocycles. The van der Waals surface area contributed by atoms with Crippen LogP contribution in [-0.4, -0.2) is 24.0 Å². The second kappa shape index (κ2) is 10.3. The van der Waals surface area contributed by atoms with Crippen LogP contribution in [0.1, 0.15) is 37.0 Å². The summed E-state index contributed by atoms with van der Waals surface area (Å²) in [5.41, 5.74) is 3.30. The molecule has 1 N–H and O–H groups in total. The van der Waals surface area contributed by atoms with Crippen LogP contribution in [0.5, 0.6) is 0 Å². The molecule has 27 heavy (non-hydrogen) atoms. The number of aryl methyl sites for hydroxylation is 2. The largest absolute Gasteiger partial charge is 0.449 e. The molecule has 1 amide bonds. The Kier molecular flexibility index (Phi) is 7.80. The van der Waals surface area contributed by atoms with E-state index >= 15 is 0 Å². The number of carbonyl (C=O) groups is 2. The van der Waals surface area contributed by atoms with Crippen LogP contribution in [0.4, 0.5) is 0 Å². The lowest BCUT2D eigenvalue weighted by molar-refractivity contribution is -0.150. The quantitative estimate of drug-likeness (QED) is 0.566. The Morgan fingerprint density at radius 3 is 2.37 bits per heavy atom. The fourth-order valence-corrected chi connectivity index (χ4v) is 2.57. The molecule has 2 aromatic rings. The molecule has 0 fully saturated rings. The van der Waals surface area contributed by atoms with Crippen molar-refractivity contribution < 1.29 is 14.3 Å². The molecule has 0 aliphatic carbocycles. The molecule has 0 aliphatic rings. The monoisotopic (exact) mass is 365 g/mol. The van der Waals surface area contributed by atoms with Gasteiger partial charge in [0.25, 0.3) is 5.91 Å². The van der Waals surface area contributed by atoms with Crippen molar-refractivity contribution in [1.82, 2.24) is 5.32 Å². The summed E-state index contributed by atoms with van der Waals surface area (Å²) in [5.74, 6) is -0.817. The fraction of sp³-hybridized carbons (Fsp3) is 0.304. The van der Waals surface area contributed by atoms with Crippen LogP contribution in [0, 0.1) is 6.92 Å². The van der Waals surface area contributed by atoms with Crippen LogP contribution in [-0.2, 0) is 20.7 Å². The molecular weight excluding hydrogens is 338 g/mol. The molecule has 2 atom stereocenters. The highest BCUT2D eigenvalue weighted by Crippen LogP contribution is 2.07. The van der Waals surface area contributed by atoms with Crippen LogP contribution in [0.25, 0.3) is 6.08 Å². The Balaban J connectivity index is 1.75. The van der Waals surface area contributed by atoms with E-state index in [0.717, 1.165) is 24.0 Å². The van der Waals surface area contributed by atoms with Gasteiger partial charge in [-0.2, -0.15) is 0 Å². The molecular formula is C23H27NO3. The van der Waals surface area contributed by atoms with E-state index < -0.39 is 12.1 Å². The van der Waals surface area contributed by atoms with E-state index in [0.29, 0.717) is 0 Å². The van der Waals surface area contributed by atoms with Crippen LogP contribution in [0.15, 0.2) is 60.7 Å². The van der Waals surface area contributed by atoms with Crippen molar-refractivity contribution in [2.45, 2.75) is 45.8 Å². The molecule has 0 spiro atoms. The van der Waals surface area contributed by atoms with Gasteiger partial charge in [0.1, 0.15) is 0 Å². The van der Waals surface area contributed by atoms with Gasteiger partial charge in [0.2, 0.25) is 0 Å². The zero-order chi connectivity index (χ0) is 19.6. The highest BCUT2D eigenvalue weighted by atomic mass is 16.5. The summed E-state index contributed by atoms with van der Waals surface area (Å²) in [7, 11) is 0. The Labute approximate surface area is 161 Å². The number of hydrogen-bond donors (Lipinski definition) is 1. The number of nitrogens with one attached hydrogen (secondary N) is 1. The molecule has 0 unspecified atom stereocenters. The molecule has 4 nitrogen and oxygen atoms in total. The number of amides is 1. The predicted octanol–water partition coefficient (Wildman–Crippen LogP) is 4.08. The third-order valence-electron chi connectivity index (χ3n) is 4.25. The maximum Gasteiger partial charge on any atom is 0.331 e. The number of hydrogen-bond acceptors (Lipinski definition) is 3. The van der Waals surface area contributed by atoms with Gasteiger partial charge in [0.15, 0.2) is 6.10 Å². The minimum Gasteiger partial charge on any atom is -0.449 e. The normalized spacial score (nSPS) is 13.1. The summed E-state index contributed by atoms with van der Waals surface area (Å²) in [5, 5.41) is 2.90. The van der Waals surface area contributed by atoms with E-state index in [-0.39, 0.29) is 11.9 Å². The number of benzene rings is 2. The van der Waals surface area contributed by atoms with Gasteiger partial charge >= 0.3 is 5.97 Å². The second-order valence-corrected chi connectivity index (χ2v) is 6.76. The fourth-order valence-electron chi connectivity index (χ4n) is 2.57. The van der Waals surface area contributed by atoms with Gasteiger partial charge in [0, 0.05) is 12.1 Å². The Morgan fingerprint density at radius 2 is 1.70 bits per heavy atom. The average molecular weight is 365 g/mol. The lowest BCUT2D eigenvalue weighted by Crippen LogP contribution is -2.40. The molecule has 0 bridgehead atoms. The second-order valence-electron chi connectivity index (χ2n) is 6.76. The standard InChI is InChI=1S/C23H27NO3/c1-17-9-12-21(13-10-17)15-16-22(25)27-19(3)23(26)24-18(2)11-14-20-7-5-4-6-8-20/h4-10,12-13,15-16,18-19H,11,14H2,1-3H3,(H,24,26)/b16-15+/t18-,19+/m1/s1. The predicted molar refractivity (Wildman–Crippen MR) is 108 cm³/mol. The van der Waals surface area contributed by atoms with E-state index in [1.807, 2.05) is 56.3 Å². The van der Waals surface area contributed by atoms with Crippen molar-refractivity contribution in [3.05, 3.63) is 77.4 Å². The van der Waals surface area contributed by atoms with Crippen LogP contribution in [0.3, 0.4) is 0 Å². The molecule has 0 aromatic heterocycles. The smallest absolute Gasteiger partial charge is 0.331 e. The molecule has 0 saturated carbocycles. The first-order valence-corrected chi connectivity index (χ1v) is 9.23. The summed E-state index contributed by atoms with van der Waals surface area (Å²) in [6, 6.07) is 17.9. The molecule has 2 rings (SSSR count). The zero-order valence-corrected chi connectivity index (χ0v) is 16.1.